The van der Waals surface area contributed by atoms with Gasteiger partial charge in [0.1, 0.15) is 0 Å². The third-order valence-electron chi connectivity index (χ3n) is 8.67. The number of ether oxygens (including phenoxy) is 2. The second-order valence-electron chi connectivity index (χ2n) is 12.6. The second-order valence-corrected chi connectivity index (χ2v) is 12.6. The third-order valence-corrected chi connectivity index (χ3v) is 8.67. The number of rotatable bonds is 19. The molecule has 0 bridgehead atoms. The van der Waals surface area contributed by atoms with Gasteiger partial charge in [0.05, 0.1) is 46.8 Å². The van der Waals surface area contributed by atoms with Crippen molar-refractivity contribution in [3.05, 3.63) is 70.8 Å². The van der Waals surface area contributed by atoms with Crippen molar-refractivity contribution in [1.82, 2.24) is 9.97 Å². The van der Waals surface area contributed by atoms with Crippen molar-refractivity contribution in [1.29, 1.82) is 0 Å². The van der Waals surface area contributed by atoms with Crippen molar-refractivity contribution < 1.29 is 19.1 Å². The second kappa shape index (κ2) is 18.4. The van der Waals surface area contributed by atoms with Gasteiger partial charge >= 0.3 is 11.9 Å². The SMILES string of the molecule is CCCCCCCCCOC(=O)c1cc(-c2cc(C(=O)OCCCCCCCCC)c3c(C)cccc3n2)nc2ccc(C)cc12. The number of benzene rings is 2. The molecule has 2 heterocycles. The number of carbonyl (C=O) groups is 2. The zero-order valence-corrected chi connectivity index (χ0v) is 28.5. The van der Waals surface area contributed by atoms with Gasteiger partial charge in [-0.25, -0.2) is 19.6 Å². The number of hydrogen-bond donors (Lipinski definition) is 0. The number of esters is 2. The summed E-state index contributed by atoms with van der Waals surface area (Å²) >= 11 is 0. The van der Waals surface area contributed by atoms with E-state index in [9.17, 15) is 9.59 Å². The normalized spacial score (nSPS) is 11.3. The molecule has 2 aromatic heterocycles. The Labute approximate surface area is 275 Å². The van der Waals surface area contributed by atoms with E-state index in [0.29, 0.717) is 46.8 Å². The van der Waals surface area contributed by atoms with Gasteiger partial charge in [-0.3, -0.25) is 0 Å². The first-order chi connectivity index (χ1) is 22.4. The Hall–Kier alpha value is -3.80. The number of aromatic nitrogens is 2. The van der Waals surface area contributed by atoms with Crippen LogP contribution in [0.4, 0.5) is 0 Å². The Bertz CT molecular complexity index is 1600. The molecule has 4 rings (SSSR count). The maximum absolute atomic E-state index is 13.5. The summed E-state index contributed by atoms with van der Waals surface area (Å²) in [5.41, 5.74) is 5.32. The van der Waals surface area contributed by atoms with Gasteiger partial charge in [0.25, 0.3) is 0 Å². The lowest BCUT2D eigenvalue weighted by atomic mass is 10.0. The summed E-state index contributed by atoms with van der Waals surface area (Å²) in [5.74, 6) is -0.726. The summed E-state index contributed by atoms with van der Waals surface area (Å²) in [4.78, 5) is 36.8. The molecule has 246 valence electrons. The molecule has 6 heteroatoms. The van der Waals surface area contributed by atoms with Crippen LogP contribution in [-0.2, 0) is 9.47 Å². The largest absolute Gasteiger partial charge is 0.462 e. The van der Waals surface area contributed by atoms with Crippen molar-refractivity contribution >= 4 is 33.7 Å². The molecule has 0 saturated carbocycles. The van der Waals surface area contributed by atoms with Crippen LogP contribution in [0.25, 0.3) is 33.2 Å². The Morgan fingerprint density at radius 3 is 1.72 bits per heavy atom. The van der Waals surface area contributed by atoms with E-state index in [1.807, 2.05) is 50.2 Å². The minimum Gasteiger partial charge on any atom is -0.462 e. The molecule has 4 aromatic rings. The van der Waals surface area contributed by atoms with Crippen LogP contribution in [0.15, 0.2) is 48.5 Å². The first kappa shape index (κ1) is 35.1. The first-order valence-corrected chi connectivity index (χ1v) is 17.6. The fourth-order valence-electron chi connectivity index (χ4n) is 6.00. The van der Waals surface area contributed by atoms with E-state index in [0.717, 1.165) is 60.4 Å². The van der Waals surface area contributed by atoms with E-state index < -0.39 is 0 Å². The highest BCUT2D eigenvalue weighted by Gasteiger charge is 2.20. The zero-order valence-electron chi connectivity index (χ0n) is 28.5. The van der Waals surface area contributed by atoms with Gasteiger partial charge in [0, 0.05) is 10.8 Å². The van der Waals surface area contributed by atoms with Crippen LogP contribution in [0, 0.1) is 13.8 Å². The van der Waals surface area contributed by atoms with E-state index in [-0.39, 0.29) is 11.9 Å². The molecule has 0 aliphatic heterocycles. The molecule has 0 fully saturated rings. The number of fused-ring (bicyclic) bond motifs is 2. The average molecular weight is 625 g/mol. The van der Waals surface area contributed by atoms with Gasteiger partial charge in [-0.1, -0.05) is 115 Å². The van der Waals surface area contributed by atoms with Gasteiger partial charge in [-0.05, 0) is 62.6 Å². The molecule has 0 radical (unpaired) electrons. The molecule has 0 aliphatic rings. The summed E-state index contributed by atoms with van der Waals surface area (Å²) < 4.78 is 11.6. The molecule has 0 N–H and O–H groups in total. The monoisotopic (exact) mass is 624 g/mol. The molecular weight excluding hydrogens is 572 g/mol. The van der Waals surface area contributed by atoms with Crippen molar-refractivity contribution in [2.24, 2.45) is 0 Å². The number of pyridine rings is 2. The molecule has 0 unspecified atom stereocenters. The van der Waals surface area contributed by atoms with Gasteiger partial charge in [-0.15, -0.1) is 0 Å². The predicted molar refractivity (Wildman–Crippen MR) is 189 cm³/mol. The molecule has 0 saturated heterocycles. The summed E-state index contributed by atoms with van der Waals surface area (Å²) in [6.45, 7) is 9.20. The van der Waals surface area contributed by atoms with E-state index in [1.165, 1.54) is 51.4 Å². The quantitative estimate of drug-likeness (QED) is 0.0763. The van der Waals surface area contributed by atoms with Crippen molar-refractivity contribution in [3.8, 4) is 11.4 Å². The van der Waals surface area contributed by atoms with Crippen LogP contribution < -0.4 is 0 Å². The molecule has 2 aromatic carbocycles. The van der Waals surface area contributed by atoms with E-state index in [1.54, 1.807) is 12.1 Å². The minimum atomic E-state index is -0.365. The standard InChI is InChI=1S/C40H52N2O4/c1-5-7-9-11-13-15-17-24-45-39(43)32-27-36(41-34-23-22-29(3)26-31(32)34)37-28-33(38-30(4)20-19-21-35(38)42-37)40(44)46-25-18-16-14-12-10-8-6-2/h19-23,26-28H,5-18,24-25H2,1-4H3. The Kier molecular flexibility index (Phi) is 14.0. The van der Waals surface area contributed by atoms with Crippen molar-refractivity contribution in [2.75, 3.05) is 13.2 Å². The fourth-order valence-corrected chi connectivity index (χ4v) is 6.00. The van der Waals surface area contributed by atoms with Crippen molar-refractivity contribution in [2.45, 2.75) is 118 Å². The third kappa shape index (κ3) is 9.85. The summed E-state index contributed by atoms with van der Waals surface area (Å²) in [6, 6.07) is 15.2. The number of aryl methyl sites for hydroxylation is 2. The topological polar surface area (TPSA) is 78.4 Å². The molecule has 0 spiro atoms. The van der Waals surface area contributed by atoms with Gasteiger partial charge < -0.3 is 9.47 Å². The first-order valence-electron chi connectivity index (χ1n) is 17.6. The van der Waals surface area contributed by atoms with Gasteiger partial charge in [0.15, 0.2) is 0 Å². The average Bonchev–Trinajstić information content (AvgIpc) is 3.06. The van der Waals surface area contributed by atoms with Crippen LogP contribution in [-0.4, -0.2) is 35.1 Å². The fraction of sp³-hybridized carbons (Fsp3) is 0.500. The van der Waals surface area contributed by atoms with Crippen molar-refractivity contribution in [3.63, 3.8) is 0 Å². The van der Waals surface area contributed by atoms with Gasteiger partial charge in [-0.2, -0.15) is 0 Å². The van der Waals surface area contributed by atoms with Crippen LogP contribution in [0.5, 0.6) is 0 Å². The Morgan fingerprint density at radius 1 is 0.587 bits per heavy atom. The Balaban J connectivity index is 1.56. The highest BCUT2D eigenvalue weighted by Crippen LogP contribution is 2.30. The summed E-state index contributed by atoms with van der Waals surface area (Å²) in [7, 11) is 0. The van der Waals surface area contributed by atoms with Crippen LogP contribution in [0.3, 0.4) is 0 Å². The summed E-state index contributed by atoms with van der Waals surface area (Å²) in [5, 5.41) is 1.53. The number of carbonyl (C=O) groups excluding carboxylic acids is 2. The predicted octanol–water partition coefficient (Wildman–Crippen LogP) is 10.9. The molecule has 0 atom stereocenters. The van der Waals surface area contributed by atoms with E-state index in [4.69, 9.17) is 19.4 Å². The lowest BCUT2D eigenvalue weighted by Gasteiger charge is -2.14. The molecule has 0 amide bonds. The van der Waals surface area contributed by atoms with E-state index in [2.05, 4.69) is 13.8 Å². The minimum absolute atomic E-state index is 0.361. The highest BCUT2D eigenvalue weighted by atomic mass is 16.5. The van der Waals surface area contributed by atoms with Crippen LogP contribution >= 0.6 is 0 Å². The maximum atomic E-state index is 13.5. The zero-order chi connectivity index (χ0) is 32.7. The number of nitrogens with zero attached hydrogens (tertiary/aromatic N) is 2. The number of hydrogen-bond acceptors (Lipinski definition) is 6. The number of unbranched alkanes of at least 4 members (excludes halogenated alkanes) is 12. The summed E-state index contributed by atoms with van der Waals surface area (Å²) in [6.07, 6.45) is 16.1. The molecule has 0 aliphatic carbocycles. The maximum Gasteiger partial charge on any atom is 0.338 e. The molecular formula is C40H52N2O4. The van der Waals surface area contributed by atoms with E-state index >= 15 is 0 Å². The Morgan fingerprint density at radius 2 is 1.11 bits per heavy atom. The van der Waals surface area contributed by atoms with Crippen LogP contribution in [0.2, 0.25) is 0 Å². The van der Waals surface area contributed by atoms with Gasteiger partial charge in [0.2, 0.25) is 0 Å². The lowest BCUT2D eigenvalue weighted by molar-refractivity contribution is 0.0490. The lowest BCUT2D eigenvalue weighted by Crippen LogP contribution is -2.10. The van der Waals surface area contributed by atoms with Crippen LogP contribution in [0.1, 0.15) is 136 Å². The molecule has 6 nitrogen and oxygen atoms in total. The smallest absolute Gasteiger partial charge is 0.338 e. The highest BCUT2D eigenvalue weighted by molar-refractivity contribution is 6.07. The molecule has 46 heavy (non-hydrogen) atoms.